The van der Waals surface area contributed by atoms with Crippen molar-refractivity contribution in [2.75, 3.05) is 46.4 Å². The zero-order valence-electron chi connectivity index (χ0n) is 17.7. The summed E-state index contributed by atoms with van der Waals surface area (Å²) in [5.41, 5.74) is 8.24. The third kappa shape index (κ3) is 4.61. The fourth-order valence-electron chi connectivity index (χ4n) is 4.00. The van der Waals surface area contributed by atoms with Crippen LogP contribution in [0.25, 0.3) is 0 Å². The number of ether oxygens (including phenoxy) is 2. The number of carbonyl (C=O) groups excluding carboxylic acids is 1. The zero-order valence-corrected chi connectivity index (χ0v) is 17.7. The zero-order chi connectivity index (χ0) is 20.3. The van der Waals surface area contributed by atoms with Gasteiger partial charge in [-0.3, -0.25) is 0 Å². The normalized spacial score (nSPS) is 21.7. The number of urea groups is 1. The van der Waals surface area contributed by atoms with E-state index in [1.807, 2.05) is 9.80 Å². The Morgan fingerprint density at radius 3 is 2.64 bits per heavy atom. The second-order valence-electron chi connectivity index (χ2n) is 8.95. The van der Waals surface area contributed by atoms with Crippen molar-refractivity contribution in [3.63, 3.8) is 0 Å². The fourth-order valence-corrected chi connectivity index (χ4v) is 4.00. The molecule has 28 heavy (non-hydrogen) atoms. The van der Waals surface area contributed by atoms with Crippen molar-refractivity contribution < 1.29 is 14.3 Å². The highest BCUT2D eigenvalue weighted by atomic mass is 16.5. The molecule has 1 aromatic rings. The molecule has 2 fully saturated rings. The van der Waals surface area contributed by atoms with Gasteiger partial charge in [-0.15, -0.1) is 0 Å². The molecule has 1 aromatic carbocycles. The van der Waals surface area contributed by atoms with E-state index in [9.17, 15) is 4.79 Å². The molecule has 0 aliphatic carbocycles. The summed E-state index contributed by atoms with van der Waals surface area (Å²) in [6, 6.07) is 6.65. The van der Waals surface area contributed by atoms with Gasteiger partial charge >= 0.3 is 6.03 Å². The van der Waals surface area contributed by atoms with Crippen molar-refractivity contribution in [3.05, 3.63) is 29.3 Å². The topological polar surface area (TPSA) is 68.0 Å². The number of nitrogens with two attached hydrogens (primary N) is 1. The van der Waals surface area contributed by atoms with Gasteiger partial charge < -0.3 is 25.0 Å². The Hall–Kier alpha value is -1.79. The summed E-state index contributed by atoms with van der Waals surface area (Å²) in [5, 5.41) is 0. The van der Waals surface area contributed by atoms with E-state index >= 15 is 0 Å². The molecule has 2 saturated heterocycles. The molecule has 2 amide bonds. The monoisotopic (exact) mass is 389 g/mol. The number of methoxy groups -OCH3 is 1. The van der Waals surface area contributed by atoms with Gasteiger partial charge in [-0.05, 0) is 35.4 Å². The van der Waals surface area contributed by atoms with E-state index in [1.54, 1.807) is 7.11 Å². The highest BCUT2D eigenvalue weighted by Gasteiger charge is 2.35. The van der Waals surface area contributed by atoms with Gasteiger partial charge in [0, 0.05) is 45.2 Å². The predicted octanol–water partition coefficient (Wildman–Crippen LogP) is 2.95. The predicted molar refractivity (Wildman–Crippen MR) is 111 cm³/mol. The molecule has 2 aliphatic heterocycles. The van der Waals surface area contributed by atoms with Crippen molar-refractivity contribution in [2.45, 2.75) is 51.0 Å². The lowest BCUT2D eigenvalue weighted by Crippen LogP contribution is -2.54. The lowest BCUT2D eigenvalue weighted by Gasteiger charge is -2.43. The number of benzene rings is 1. The summed E-state index contributed by atoms with van der Waals surface area (Å²) < 4.78 is 11.3. The van der Waals surface area contributed by atoms with Crippen molar-refractivity contribution in [1.29, 1.82) is 0 Å². The lowest BCUT2D eigenvalue weighted by atomic mass is 9.83. The van der Waals surface area contributed by atoms with Gasteiger partial charge in [-0.1, -0.05) is 32.9 Å². The van der Waals surface area contributed by atoms with Crippen LogP contribution in [0.2, 0.25) is 0 Å². The first-order valence-corrected chi connectivity index (χ1v) is 10.4. The molecule has 2 heterocycles. The van der Waals surface area contributed by atoms with E-state index < -0.39 is 0 Å². The summed E-state index contributed by atoms with van der Waals surface area (Å²) in [6.07, 6.45) is 1.74. The molecule has 6 nitrogen and oxygen atoms in total. The highest BCUT2D eigenvalue weighted by molar-refractivity contribution is 5.75. The molecule has 0 radical (unpaired) electrons. The molecular formula is C22H35N3O3. The van der Waals surface area contributed by atoms with E-state index in [4.69, 9.17) is 15.2 Å². The number of hydrogen-bond acceptors (Lipinski definition) is 4. The lowest BCUT2D eigenvalue weighted by molar-refractivity contribution is 0.0241. The number of nitrogens with zero attached hydrogens (tertiary/aromatic N) is 2. The number of rotatable bonds is 3. The van der Waals surface area contributed by atoms with E-state index in [1.165, 1.54) is 11.1 Å². The van der Waals surface area contributed by atoms with Crippen molar-refractivity contribution in [3.8, 4) is 5.75 Å². The molecule has 0 spiro atoms. The number of hydrogen-bond donors (Lipinski definition) is 1. The van der Waals surface area contributed by atoms with Gasteiger partial charge in [0.25, 0.3) is 0 Å². The second-order valence-corrected chi connectivity index (χ2v) is 8.95. The van der Waals surface area contributed by atoms with Crippen LogP contribution >= 0.6 is 0 Å². The van der Waals surface area contributed by atoms with Crippen LogP contribution in [0.4, 0.5) is 4.79 Å². The van der Waals surface area contributed by atoms with Crippen LogP contribution in [0.1, 0.15) is 50.7 Å². The summed E-state index contributed by atoms with van der Waals surface area (Å²) in [6.45, 7) is 10.8. The molecule has 2 N–H and O–H groups in total. The summed E-state index contributed by atoms with van der Waals surface area (Å²) in [7, 11) is 1.73. The van der Waals surface area contributed by atoms with Gasteiger partial charge in [-0.25, -0.2) is 4.79 Å². The molecule has 156 valence electrons. The Morgan fingerprint density at radius 1 is 1.25 bits per heavy atom. The molecule has 6 heteroatoms. The van der Waals surface area contributed by atoms with Crippen LogP contribution in [-0.2, 0) is 10.2 Å². The van der Waals surface area contributed by atoms with Gasteiger partial charge in [-0.2, -0.15) is 0 Å². The summed E-state index contributed by atoms with van der Waals surface area (Å²) in [4.78, 5) is 16.8. The quantitative estimate of drug-likeness (QED) is 0.863. The first-order valence-electron chi connectivity index (χ1n) is 10.4. The maximum absolute atomic E-state index is 12.9. The molecular weight excluding hydrogens is 354 g/mol. The molecule has 0 saturated carbocycles. The van der Waals surface area contributed by atoms with Crippen LogP contribution in [-0.4, -0.2) is 68.4 Å². The van der Waals surface area contributed by atoms with E-state index in [-0.39, 0.29) is 17.6 Å². The maximum atomic E-state index is 12.9. The maximum Gasteiger partial charge on any atom is 0.320 e. The van der Waals surface area contributed by atoms with Crippen LogP contribution in [0.15, 0.2) is 18.2 Å². The van der Waals surface area contributed by atoms with E-state index in [2.05, 4.69) is 39.0 Å². The average Bonchev–Trinajstić information content (AvgIpc) is 2.59. The van der Waals surface area contributed by atoms with Gasteiger partial charge in [0.05, 0.1) is 13.2 Å². The smallest absolute Gasteiger partial charge is 0.320 e. The highest BCUT2D eigenvalue weighted by Crippen LogP contribution is 2.36. The minimum absolute atomic E-state index is 0.0437. The fraction of sp³-hybridized carbons (Fsp3) is 0.682. The Morgan fingerprint density at radius 2 is 2.00 bits per heavy atom. The third-order valence-corrected chi connectivity index (χ3v) is 5.84. The van der Waals surface area contributed by atoms with Gasteiger partial charge in [0.2, 0.25) is 0 Å². The molecule has 0 bridgehead atoms. The van der Waals surface area contributed by atoms with E-state index in [0.29, 0.717) is 19.1 Å². The summed E-state index contributed by atoms with van der Waals surface area (Å²) in [5.74, 6) is 1.31. The average molecular weight is 390 g/mol. The van der Waals surface area contributed by atoms with Crippen LogP contribution in [0.3, 0.4) is 0 Å². The van der Waals surface area contributed by atoms with Gasteiger partial charge in [0.15, 0.2) is 0 Å². The molecule has 2 aliphatic rings. The number of amides is 2. The minimum atomic E-state index is 0.0437. The third-order valence-electron chi connectivity index (χ3n) is 5.84. The Labute approximate surface area is 169 Å². The first kappa shape index (κ1) is 20.9. The van der Waals surface area contributed by atoms with Crippen molar-refractivity contribution in [2.24, 2.45) is 5.73 Å². The van der Waals surface area contributed by atoms with E-state index in [0.717, 1.165) is 44.8 Å². The standard InChI is InChI=1S/C22H35N3O3/c1-22(2,3)19-7-6-16(12-20(19)27-4)17-14-25(15-17)21(26)24-9-5-11-28-18(13-23)8-10-24/h6-7,12,17-18H,5,8-11,13-15,23H2,1-4H3/t18-/m0/s1. The Kier molecular flexibility index (Phi) is 6.50. The van der Waals surface area contributed by atoms with Crippen molar-refractivity contribution in [1.82, 2.24) is 9.80 Å². The Bertz CT molecular complexity index is 680. The van der Waals surface area contributed by atoms with Crippen LogP contribution in [0, 0.1) is 0 Å². The molecule has 0 unspecified atom stereocenters. The van der Waals surface area contributed by atoms with Crippen LogP contribution < -0.4 is 10.5 Å². The number of likely N-dealkylation sites (tertiary alicyclic amines) is 1. The summed E-state index contributed by atoms with van der Waals surface area (Å²) >= 11 is 0. The first-order chi connectivity index (χ1) is 13.3. The molecule has 3 rings (SSSR count). The molecule has 0 aromatic heterocycles. The van der Waals surface area contributed by atoms with Crippen LogP contribution in [0.5, 0.6) is 5.75 Å². The number of carbonyl (C=O) groups is 1. The van der Waals surface area contributed by atoms with Gasteiger partial charge in [0.1, 0.15) is 5.75 Å². The second kappa shape index (κ2) is 8.70. The SMILES string of the molecule is COc1cc(C2CN(C(=O)N3CCCO[C@H](CN)CC3)C2)ccc1C(C)(C)C. The Balaban J connectivity index is 1.60. The van der Waals surface area contributed by atoms with Crippen molar-refractivity contribution >= 4 is 6.03 Å². The molecule has 1 atom stereocenters. The largest absolute Gasteiger partial charge is 0.496 e. The minimum Gasteiger partial charge on any atom is -0.496 e.